The number of hydrogen-bond acceptors (Lipinski definition) is 3. The molecule has 2 rings (SSSR count). The lowest BCUT2D eigenvalue weighted by atomic mass is 9.93. The lowest BCUT2D eigenvalue weighted by Gasteiger charge is -2.35. The SMILES string of the molecule is CN(CC1(O)CCOCC1)C(=O)C(Cl)c1ccccc1. The Kier molecular flexibility index (Phi) is 5.02. The molecule has 110 valence electrons. The molecule has 4 nitrogen and oxygen atoms in total. The smallest absolute Gasteiger partial charge is 0.245 e. The van der Waals surface area contributed by atoms with Crippen LogP contribution in [0.1, 0.15) is 23.8 Å². The first-order chi connectivity index (χ1) is 9.52. The highest BCUT2D eigenvalue weighted by Gasteiger charge is 2.33. The van der Waals surface area contributed by atoms with E-state index in [1.165, 1.54) is 4.90 Å². The van der Waals surface area contributed by atoms with Gasteiger partial charge in [-0.05, 0) is 5.56 Å². The molecule has 20 heavy (non-hydrogen) atoms. The number of rotatable bonds is 4. The zero-order chi connectivity index (χ0) is 14.6. The van der Waals surface area contributed by atoms with Crippen molar-refractivity contribution < 1.29 is 14.6 Å². The normalized spacial score (nSPS) is 19.4. The minimum Gasteiger partial charge on any atom is -0.388 e. The molecule has 0 bridgehead atoms. The van der Waals surface area contributed by atoms with Crippen molar-refractivity contribution in [2.75, 3.05) is 26.8 Å². The van der Waals surface area contributed by atoms with Gasteiger partial charge >= 0.3 is 0 Å². The fourth-order valence-corrected chi connectivity index (χ4v) is 2.70. The molecule has 1 amide bonds. The Bertz CT molecular complexity index is 446. The molecular formula is C15H20ClNO3. The molecule has 1 aromatic rings. The first kappa shape index (κ1) is 15.3. The van der Waals surface area contributed by atoms with Crippen molar-refractivity contribution in [2.45, 2.75) is 23.8 Å². The van der Waals surface area contributed by atoms with E-state index in [4.69, 9.17) is 16.3 Å². The Balaban J connectivity index is 1.98. The van der Waals surface area contributed by atoms with Crippen LogP contribution in [-0.4, -0.2) is 48.3 Å². The van der Waals surface area contributed by atoms with Gasteiger partial charge in [-0.15, -0.1) is 11.6 Å². The average Bonchev–Trinajstić information content (AvgIpc) is 2.47. The maximum absolute atomic E-state index is 12.3. The molecule has 0 spiro atoms. The maximum Gasteiger partial charge on any atom is 0.245 e. The summed E-state index contributed by atoms with van der Waals surface area (Å²) in [5.41, 5.74) is -0.0966. The minimum absolute atomic E-state index is 0.196. The highest BCUT2D eigenvalue weighted by molar-refractivity contribution is 6.30. The predicted molar refractivity (Wildman–Crippen MR) is 77.7 cm³/mol. The largest absolute Gasteiger partial charge is 0.388 e. The first-order valence-electron chi connectivity index (χ1n) is 6.76. The van der Waals surface area contributed by atoms with Crippen LogP contribution in [0.2, 0.25) is 0 Å². The molecule has 1 N–H and O–H groups in total. The van der Waals surface area contributed by atoms with E-state index in [9.17, 15) is 9.90 Å². The van der Waals surface area contributed by atoms with Crippen molar-refractivity contribution in [3.05, 3.63) is 35.9 Å². The summed E-state index contributed by atoms with van der Waals surface area (Å²) < 4.78 is 5.23. The Morgan fingerprint density at radius 2 is 2.00 bits per heavy atom. The number of hydrogen-bond donors (Lipinski definition) is 1. The van der Waals surface area contributed by atoms with Gasteiger partial charge in [-0.3, -0.25) is 4.79 Å². The molecule has 1 unspecified atom stereocenters. The standard InChI is InChI=1S/C15H20ClNO3/c1-17(11-15(19)7-9-20-10-8-15)14(18)13(16)12-5-3-2-4-6-12/h2-6,13,19H,7-11H2,1H3. The van der Waals surface area contributed by atoms with Crippen molar-refractivity contribution in [3.63, 3.8) is 0 Å². The third kappa shape index (κ3) is 3.72. The molecule has 1 aliphatic heterocycles. The number of nitrogens with zero attached hydrogens (tertiary/aromatic N) is 1. The predicted octanol–water partition coefficient (Wildman–Crippen LogP) is 1.97. The molecule has 1 aliphatic rings. The quantitative estimate of drug-likeness (QED) is 0.865. The van der Waals surface area contributed by atoms with Crippen molar-refractivity contribution >= 4 is 17.5 Å². The van der Waals surface area contributed by atoms with Gasteiger partial charge in [0.2, 0.25) is 5.91 Å². The Morgan fingerprint density at radius 1 is 1.40 bits per heavy atom. The van der Waals surface area contributed by atoms with Crippen LogP contribution in [0.15, 0.2) is 30.3 Å². The molecule has 5 heteroatoms. The number of alkyl halides is 1. The van der Waals surface area contributed by atoms with Gasteiger partial charge in [0.25, 0.3) is 0 Å². The van der Waals surface area contributed by atoms with E-state index < -0.39 is 11.0 Å². The summed E-state index contributed by atoms with van der Waals surface area (Å²) in [6.45, 7) is 1.34. The summed E-state index contributed by atoms with van der Waals surface area (Å²) >= 11 is 6.22. The van der Waals surface area contributed by atoms with E-state index in [-0.39, 0.29) is 12.5 Å². The second-order valence-electron chi connectivity index (χ2n) is 5.30. The van der Waals surface area contributed by atoms with Crippen LogP contribution in [-0.2, 0) is 9.53 Å². The van der Waals surface area contributed by atoms with Gasteiger partial charge < -0.3 is 14.7 Å². The Morgan fingerprint density at radius 3 is 2.60 bits per heavy atom. The zero-order valence-electron chi connectivity index (χ0n) is 11.6. The monoisotopic (exact) mass is 297 g/mol. The summed E-state index contributed by atoms with van der Waals surface area (Å²) in [5.74, 6) is -0.196. The molecule has 1 atom stereocenters. The second kappa shape index (κ2) is 6.57. The van der Waals surface area contributed by atoms with Crippen LogP contribution < -0.4 is 0 Å². The molecule has 0 aromatic heterocycles. The number of halogens is 1. The third-order valence-corrected chi connectivity index (χ3v) is 4.08. The molecule has 1 heterocycles. The maximum atomic E-state index is 12.3. The van der Waals surface area contributed by atoms with E-state index in [0.717, 1.165) is 5.56 Å². The lowest BCUT2D eigenvalue weighted by molar-refractivity contribution is -0.136. The molecule has 1 fully saturated rings. The fraction of sp³-hybridized carbons (Fsp3) is 0.533. The molecule has 0 radical (unpaired) electrons. The van der Waals surface area contributed by atoms with Crippen LogP contribution in [0.4, 0.5) is 0 Å². The van der Waals surface area contributed by atoms with Crippen molar-refractivity contribution in [1.29, 1.82) is 0 Å². The van der Waals surface area contributed by atoms with Crippen LogP contribution in [0.3, 0.4) is 0 Å². The van der Waals surface area contributed by atoms with E-state index in [2.05, 4.69) is 0 Å². The zero-order valence-corrected chi connectivity index (χ0v) is 12.3. The molecular weight excluding hydrogens is 278 g/mol. The summed E-state index contributed by atoms with van der Waals surface area (Å²) in [5, 5.41) is 9.71. The fourth-order valence-electron chi connectivity index (χ4n) is 2.39. The van der Waals surface area contributed by atoms with E-state index in [0.29, 0.717) is 26.1 Å². The second-order valence-corrected chi connectivity index (χ2v) is 5.74. The highest BCUT2D eigenvalue weighted by Crippen LogP contribution is 2.25. The van der Waals surface area contributed by atoms with Gasteiger partial charge in [0.15, 0.2) is 0 Å². The summed E-state index contributed by atoms with van der Waals surface area (Å²) in [7, 11) is 1.67. The number of carbonyl (C=O) groups is 1. The average molecular weight is 298 g/mol. The highest BCUT2D eigenvalue weighted by atomic mass is 35.5. The molecule has 1 aromatic carbocycles. The summed E-state index contributed by atoms with van der Waals surface area (Å²) in [4.78, 5) is 13.8. The van der Waals surface area contributed by atoms with E-state index in [1.807, 2.05) is 30.3 Å². The van der Waals surface area contributed by atoms with Gasteiger partial charge in [0.1, 0.15) is 5.38 Å². The number of carbonyl (C=O) groups excluding carboxylic acids is 1. The summed E-state index contributed by atoms with van der Waals surface area (Å²) in [6.07, 6.45) is 1.09. The van der Waals surface area contributed by atoms with E-state index >= 15 is 0 Å². The van der Waals surface area contributed by atoms with Crippen molar-refractivity contribution in [1.82, 2.24) is 4.90 Å². The van der Waals surface area contributed by atoms with Gasteiger partial charge in [0.05, 0.1) is 5.60 Å². The molecule has 1 saturated heterocycles. The van der Waals surface area contributed by atoms with Gasteiger partial charge in [-0.1, -0.05) is 30.3 Å². The van der Waals surface area contributed by atoms with Crippen molar-refractivity contribution in [3.8, 4) is 0 Å². The molecule has 0 aliphatic carbocycles. The van der Waals surface area contributed by atoms with Crippen LogP contribution in [0.5, 0.6) is 0 Å². The van der Waals surface area contributed by atoms with E-state index in [1.54, 1.807) is 7.05 Å². The number of benzene rings is 1. The lowest BCUT2D eigenvalue weighted by Crippen LogP contribution is -2.47. The molecule has 0 saturated carbocycles. The van der Waals surface area contributed by atoms with Gasteiger partial charge in [0, 0.05) is 39.6 Å². The Labute approximate surface area is 124 Å². The van der Waals surface area contributed by atoms with Crippen molar-refractivity contribution in [2.24, 2.45) is 0 Å². The first-order valence-corrected chi connectivity index (χ1v) is 7.20. The minimum atomic E-state index is -0.865. The van der Waals surface area contributed by atoms with Gasteiger partial charge in [-0.2, -0.15) is 0 Å². The third-order valence-electron chi connectivity index (χ3n) is 3.64. The van der Waals surface area contributed by atoms with Crippen LogP contribution in [0.25, 0.3) is 0 Å². The topological polar surface area (TPSA) is 49.8 Å². The number of amides is 1. The van der Waals surface area contributed by atoms with Gasteiger partial charge in [-0.25, -0.2) is 0 Å². The summed E-state index contributed by atoms with van der Waals surface area (Å²) in [6, 6.07) is 9.24. The Hall–Kier alpha value is -1.10. The van der Waals surface area contributed by atoms with Crippen LogP contribution >= 0.6 is 11.6 Å². The number of likely N-dealkylation sites (N-methyl/N-ethyl adjacent to an activating group) is 1. The number of aliphatic hydroxyl groups is 1. The van der Waals surface area contributed by atoms with Crippen LogP contribution in [0, 0.1) is 0 Å². The number of ether oxygens (including phenoxy) is 1.